The zero-order valence-electron chi connectivity index (χ0n) is 23.7. The summed E-state index contributed by atoms with van der Waals surface area (Å²) >= 11 is 0. The molecule has 41 heavy (non-hydrogen) atoms. The molecule has 3 atom stereocenters. The van der Waals surface area contributed by atoms with Crippen LogP contribution >= 0.6 is 0 Å². The lowest BCUT2D eigenvalue weighted by molar-refractivity contribution is 0.0783. The highest BCUT2D eigenvalue weighted by molar-refractivity contribution is 6.00. The number of carbonyl (C=O) groups is 2. The minimum absolute atomic E-state index is 0.0184. The zero-order valence-corrected chi connectivity index (χ0v) is 23.7. The number of hydrogen-bond donors (Lipinski definition) is 4. The summed E-state index contributed by atoms with van der Waals surface area (Å²) in [6.07, 6.45) is 5.69. The highest BCUT2D eigenvalue weighted by atomic mass is 16.3. The molecule has 4 aromatic rings. The van der Waals surface area contributed by atoms with Crippen LogP contribution < -0.4 is 10.6 Å². The molecule has 0 aliphatic heterocycles. The molecule has 9 nitrogen and oxygen atoms in total. The molecule has 0 fully saturated rings. The average Bonchev–Trinajstić information content (AvgIpc) is 3.52. The first-order valence-electron chi connectivity index (χ1n) is 13.9. The smallest absolute Gasteiger partial charge is 0.253 e. The summed E-state index contributed by atoms with van der Waals surface area (Å²) in [4.78, 5) is 32.6. The van der Waals surface area contributed by atoms with E-state index in [0.29, 0.717) is 24.1 Å². The molecule has 2 aromatic heterocycles. The van der Waals surface area contributed by atoms with Crippen LogP contribution in [0.25, 0.3) is 0 Å². The van der Waals surface area contributed by atoms with Gasteiger partial charge in [0.05, 0.1) is 30.6 Å². The Labute approximate surface area is 241 Å². The number of hydrogen-bond acceptors (Lipinski definition) is 6. The number of amides is 2. The van der Waals surface area contributed by atoms with Crippen molar-refractivity contribution >= 4 is 11.8 Å². The van der Waals surface area contributed by atoms with Crippen LogP contribution in [-0.2, 0) is 13.0 Å². The van der Waals surface area contributed by atoms with E-state index < -0.39 is 12.1 Å². The molecule has 0 radical (unpaired) electrons. The van der Waals surface area contributed by atoms with Gasteiger partial charge in [-0.2, -0.15) is 5.10 Å². The van der Waals surface area contributed by atoms with Crippen LogP contribution in [0.15, 0.2) is 85.3 Å². The molecule has 9 heteroatoms. The van der Waals surface area contributed by atoms with E-state index >= 15 is 0 Å². The number of nitrogens with one attached hydrogen (secondary N) is 3. The maximum absolute atomic E-state index is 13.5. The fourth-order valence-electron chi connectivity index (χ4n) is 4.82. The van der Waals surface area contributed by atoms with E-state index in [-0.39, 0.29) is 24.4 Å². The Balaban J connectivity index is 1.49. The normalized spacial score (nSPS) is 13.3. The van der Waals surface area contributed by atoms with Crippen molar-refractivity contribution in [3.05, 3.63) is 119 Å². The van der Waals surface area contributed by atoms with Gasteiger partial charge >= 0.3 is 0 Å². The summed E-state index contributed by atoms with van der Waals surface area (Å²) in [6.45, 7) is 4.54. The molecular formula is C32H38N6O3. The van der Waals surface area contributed by atoms with E-state index in [1.54, 1.807) is 42.5 Å². The van der Waals surface area contributed by atoms with Gasteiger partial charge in [0.1, 0.15) is 0 Å². The molecule has 4 rings (SSSR count). The molecule has 214 valence electrons. The fourth-order valence-corrected chi connectivity index (χ4v) is 4.82. The Bertz CT molecular complexity index is 1400. The van der Waals surface area contributed by atoms with Crippen molar-refractivity contribution in [3.63, 3.8) is 0 Å². The Hall–Kier alpha value is -4.34. The topological polar surface area (TPSA) is 123 Å². The monoisotopic (exact) mass is 554 g/mol. The summed E-state index contributed by atoms with van der Waals surface area (Å²) in [5.41, 5.74) is 4.35. The summed E-state index contributed by atoms with van der Waals surface area (Å²) < 4.78 is 0. The van der Waals surface area contributed by atoms with Crippen molar-refractivity contribution in [3.8, 4) is 0 Å². The van der Waals surface area contributed by atoms with Crippen molar-refractivity contribution in [2.75, 3.05) is 13.6 Å². The lowest BCUT2D eigenvalue weighted by Gasteiger charge is -2.27. The number of aryl methyl sites for hydroxylation is 1. The van der Waals surface area contributed by atoms with E-state index in [0.717, 1.165) is 28.8 Å². The summed E-state index contributed by atoms with van der Waals surface area (Å²) in [5, 5.41) is 24.5. The summed E-state index contributed by atoms with van der Waals surface area (Å²) in [7, 11) is 1.71. The molecule has 0 bridgehead atoms. The molecular weight excluding hydrogens is 516 g/mol. The van der Waals surface area contributed by atoms with Gasteiger partial charge in [-0.25, -0.2) is 0 Å². The van der Waals surface area contributed by atoms with Gasteiger partial charge in [-0.15, -0.1) is 0 Å². The van der Waals surface area contributed by atoms with Crippen LogP contribution in [0.3, 0.4) is 0 Å². The van der Waals surface area contributed by atoms with Gasteiger partial charge in [0.15, 0.2) is 0 Å². The molecule has 1 unspecified atom stereocenters. The van der Waals surface area contributed by atoms with Crippen molar-refractivity contribution in [2.45, 2.75) is 51.4 Å². The Morgan fingerprint density at radius 3 is 2.49 bits per heavy atom. The van der Waals surface area contributed by atoms with Gasteiger partial charge in [0.2, 0.25) is 0 Å². The highest BCUT2D eigenvalue weighted by Crippen LogP contribution is 2.17. The number of pyridine rings is 1. The predicted octanol–water partition coefficient (Wildman–Crippen LogP) is 3.83. The van der Waals surface area contributed by atoms with Crippen molar-refractivity contribution in [1.29, 1.82) is 0 Å². The number of H-pyrrole nitrogens is 1. The van der Waals surface area contributed by atoms with Gasteiger partial charge in [-0.05, 0) is 61.2 Å². The minimum Gasteiger partial charge on any atom is -0.390 e. The molecule has 0 saturated carbocycles. The van der Waals surface area contributed by atoms with Crippen LogP contribution in [-0.4, -0.2) is 62.7 Å². The molecule has 2 amide bonds. The third-order valence-electron chi connectivity index (χ3n) is 7.04. The van der Waals surface area contributed by atoms with E-state index in [9.17, 15) is 14.7 Å². The second-order valence-electron chi connectivity index (χ2n) is 10.3. The number of aromatic nitrogens is 3. The molecule has 4 N–H and O–H groups in total. The van der Waals surface area contributed by atoms with Gasteiger partial charge in [0.25, 0.3) is 11.8 Å². The van der Waals surface area contributed by atoms with Crippen LogP contribution in [0.2, 0.25) is 0 Å². The standard InChI is InChI=1S/C32H38N6O3/c1-4-28(26-18-35-36-19-26)34-20-30(39)29(16-23-10-6-5-7-11-23)37-31(40)24-14-22(2)15-25(17-24)32(41)38(3)21-27-12-8-9-13-33-27/h5-15,17-19,28-30,34,39H,4,16,20-21H2,1-3H3,(H,35,36)(H,37,40)/t28?,29-,30+/m0/s1. The quantitative estimate of drug-likeness (QED) is 0.199. The first kappa shape index (κ1) is 29.6. The summed E-state index contributed by atoms with van der Waals surface area (Å²) in [5.74, 6) is -0.555. The third kappa shape index (κ3) is 8.33. The highest BCUT2D eigenvalue weighted by Gasteiger charge is 2.25. The number of aromatic amines is 1. The summed E-state index contributed by atoms with van der Waals surface area (Å²) in [6, 6.07) is 19.9. The second-order valence-corrected chi connectivity index (χ2v) is 10.3. The van der Waals surface area contributed by atoms with Gasteiger partial charge in [0, 0.05) is 48.7 Å². The number of nitrogens with zero attached hydrogens (tertiary/aromatic N) is 3. The average molecular weight is 555 g/mol. The number of rotatable bonds is 13. The van der Waals surface area contributed by atoms with Gasteiger partial charge < -0.3 is 20.6 Å². The Morgan fingerprint density at radius 1 is 1.05 bits per heavy atom. The van der Waals surface area contributed by atoms with Crippen LogP contribution in [0.1, 0.15) is 62.5 Å². The lowest BCUT2D eigenvalue weighted by Crippen LogP contribution is -2.49. The van der Waals surface area contributed by atoms with Crippen molar-refractivity contribution < 1.29 is 14.7 Å². The number of carbonyl (C=O) groups excluding carboxylic acids is 2. The third-order valence-corrected chi connectivity index (χ3v) is 7.04. The minimum atomic E-state index is -0.865. The number of aliphatic hydroxyl groups is 1. The molecule has 0 aliphatic rings. The first-order chi connectivity index (χ1) is 19.8. The van der Waals surface area contributed by atoms with Gasteiger partial charge in [-0.1, -0.05) is 43.3 Å². The molecule has 0 saturated heterocycles. The van der Waals surface area contributed by atoms with Crippen molar-refractivity contribution in [2.24, 2.45) is 0 Å². The number of benzene rings is 2. The fraction of sp³-hybridized carbons (Fsp3) is 0.312. The predicted molar refractivity (Wildman–Crippen MR) is 158 cm³/mol. The molecule has 0 aliphatic carbocycles. The van der Waals surface area contributed by atoms with Crippen molar-refractivity contribution in [1.82, 2.24) is 30.7 Å². The zero-order chi connectivity index (χ0) is 29.2. The SMILES string of the molecule is CCC(NC[C@@H](O)[C@H](Cc1ccccc1)NC(=O)c1cc(C)cc(C(=O)N(C)Cc2ccccn2)c1)c1cn[nH]c1. The second kappa shape index (κ2) is 14.3. The molecule has 0 spiro atoms. The lowest BCUT2D eigenvalue weighted by atomic mass is 9.99. The molecule has 2 aromatic carbocycles. The maximum atomic E-state index is 13.5. The van der Waals surface area contributed by atoms with Crippen LogP contribution in [0.5, 0.6) is 0 Å². The van der Waals surface area contributed by atoms with E-state index in [4.69, 9.17) is 0 Å². The van der Waals surface area contributed by atoms with Crippen LogP contribution in [0.4, 0.5) is 0 Å². The Morgan fingerprint density at radius 2 is 1.80 bits per heavy atom. The van der Waals surface area contributed by atoms with Crippen LogP contribution in [0, 0.1) is 6.92 Å². The largest absolute Gasteiger partial charge is 0.390 e. The first-order valence-corrected chi connectivity index (χ1v) is 13.9. The number of aliphatic hydroxyl groups excluding tert-OH is 1. The van der Waals surface area contributed by atoms with Gasteiger partial charge in [-0.3, -0.25) is 19.7 Å². The molecule has 2 heterocycles. The Kier molecular flexibility index (Phi) is 10.4. The maximum Gasteiger partial charge on any atom is 0.253 e. The van der Waals surface area contributed by atoms with E-state index in [1.165, 1.54) is 0 Å². The van der Waals surface area contributed by atoms with E-state index in [2.05, 4.69) is 32.7 Å². The van der Waals surface area contributed by atoms with E-state index in [1.807, 2.05) is 61.7 Å².